The first-order valence-corrected chi connectivity index (χ1v) is 8.06. The van der Waals surface area contributed by atoms with E-state index < -0.39 is 0 Å². The molecule has 2 aromatic carbocycles. The molecule has 0 aliphatic heterocycles. The summed E-state index contributed by atoms with van der Waals surface area (Å²) in [6.45, 7) is 6.75. The highest BCUT2D eigenvalue weighted by atomic mass is 19.1. The van der Waals surface area contributed by atoms with Gasteiger partial charge in [0.1, 0.15) is 5.82 Å². The highest BCUT2D eigenvalue weighted by Gasteiger charge is 2.06. The lowest BCUT2D eigenvalue weighted by Gasteiger charge is -2.13. The molecule has 4 heteroatoms. The van der Waals surface area contributed by atoms with Crippen molar-refractivity contribution in [1.29, 1.82) is 0 Å². The van der Waals surface area contributed by atoms with Crippen LogP contribution in [0.4, 0.5) is 4.39 Å². The molecule has 124 valence electrons. The van der Waals surface area contributed by atoms with Crippen LogP contribution in [-0.2, 0) is 13.0 Å². The molecule has 0 spiro atoms. The lowest BCUT2D eigenvalue weighted by Crippen LogP contribution is -2.16. The fraction of sp³-hybridized carbons (Fsp3) is 0.368. The third-order valence-electron chi connectivity index (χ3n) is 3.44. The highest BCUT2D eigenvalue weighted by molar-refractivity contribution is 5.43. The molecule has 0 aromatic heterocycles. The molecule has 0 unspecified atom stereocenters. The predicted octanol–water partition coefficient (Wildman–Crippen LogP) is 3.96. The minimum absolute atomic E-state index is 0.195. The van der Waals surface area contributed by atoms with Gasteiger partial charge in [-0.15, -0.1) is 0 Å². The smallest absolute Gasteiger partial charge is 0.161 e. The number of hydrogen-bond donors (Lipinski definition) is 1. The molecule has 0 saturated carbocycles. The average Bonchev–Trinajstić information content (AvgIpc) is 2.56. The number of hydrogen-bond acceptors (Lipinski definition) is 3. The molecule has 2 rings (SSSR count). The van der Waals surface area contributed by atoms with Gasteiger partial charge in [-0.3, -0.25) is 0 Å². The third kappa shape index (κ3) is 5.57. The molecule has 0 amide bonds. The van der Waals surface area contributed by atoms with E-state index in [-0.39, 0.29) is 5.82 Å². The SMILES string of the molecule is CCOc1ccc(CNCCc2ccc(F)cc2)cc1OCC. The quantitative estimate of drug-likeness (QED) is 0.710. The molecular weight excluding hydrogens is 293 g/mol. The van der Waals surface area contributed by atoms with E-state index in [9.17, 15) is 4.39 Å². The number of benzene rings is 2. The van der Waals surface area contributed by atoms with Gasteiger partial charge in [0.15, 0.2) is 11.5 Å². The Morgan fingerprint density at radius 3 is 2.22 bits per heavy atom. The van der Waals surface area contributed by atoms with E-state index in [1.165, 1.54) is 12.1 Å². The average molecular weight is 317 g/mol. The standard InChI is InChI=1S/C19H24FNO2/c1-3-22-18-10-7-16(13-19(18)23-4-2)14-21-12-11-15-5-8-17(20)9-6-15/h5-10,13,21H,3-4,11-12,14H2,1-2H3. The van der Waals surface area contributed by atoms with Gasteiger partial charge >= 0.3 is 0 Å². The van der Waals surface area contributed by atoms with Crippen LogP contribution in [0.3, 0.4) is 0 Å². The summed E-state index contributed by atoms with van der Waals surface area (Å²) in [6.07, 6.45) is 0.871. The maximum absolute atomic E-state index is 12.8. The summed E-state index contributed by atoms with van der Waals surface area (Å²) < 4.78 is 24.0. The predicted molar refractivity (Wildman–Crippen MR) is 90.6 cm³/mol. The van der Waals surface area contributed by atoms with E-state index in [1.54, 1.807) is 0 Å². The summed E-state index contributed by atoms with van der Waals surface area (Å²) >= 11 is 0. The van der Waals surface area contributed by atoms with Crippen molar-refractivity contribution in [2.75, 3.05) is 19.8 Å². The lowest BCUT2D eigenvalue weighted by atomic mass is 10.1. The lowest BCUT2D eigenvalue weighted by molar-refractivity contribution is 0.287. The number of ether oxygens (including phenoxy) is 2. The summed E-state index contributed by atoms with van der Waals surface area (Å²) in [7, 11) is 0. The van der Waals surface area contributed by atoms with Gasteiger partial charge in [-0.2, -0.15) is 0 Å². The zero-order valence-corrected chi connectivity index (χ0v) is 13.8. The van der Waals surface area contributed by atoms with Crippen molar-refractivity contribution in [3.63, 3.8) is 0 Å². The molecule has 23 heavy (non-hydrogen) atoms. The minimum atomic E-state index is -0.195. The van der Waals surface area contributed by atoms with Crippen molar-refractivity contribution in [2.45, 2.75) is 26.8 Å². The van der Waals surface area contributed by atoms with Crippen LogP contribution >= 0.6 is 0 Å². The van der Waals surface area contributed by atoms with Crippen molar-refractivity contribution < 1.29 is 13.9 Å². The zero-order chi connectivity index (χ0) is 16.5. The maximum Gasteiger partial charge on any atom is 0.161 e. The van der Waals surface area contributed by atoms with Crippen molar-refractivity contribution in [3.8, 4) is 11.5 Å². The second-order valence-corrected chi connectivity index (χ2v) is 5.20. The largest absolute Gasteiger partial charge is 0.490 e. The summed E-state index contributed by atoms with van der Waals surface area (Å²) in [5.41, 5.74) is 2.27. The van der Waals surface area contributed by atoms with Crippen molar-refractivity contribution in [3.05, 3.63) is 59.4 Å². The van der Waals surface area contributed by atoms with Gasteiger partial charge in [-0.25, -0.2) is 4.39 Å². The van der Waals surface area contributed by atoms with Crippen LogP contribution in [0.2, 0.25) is 0 Å². The number of rotatable bonds is 9. The van der Waals surface area contributed by atoms with Gasteiger partial charge in [0, 0.05) is 6.54 Å². The molecule has 0 fully saturated rings. The van der Waals surface area contributed by atoms with Crippen LogP contribution in [0, 0.1) is 5.82 Å². The van der Waals surface area contributed by atoms with Gasteiger partial charge < -0.3 is 14.8 Å². The van der Waals surface area contributed by atoms with E-state index in [2.05, 4.69) is 5.32 Å². The third-order valence-corrected chi connectivity index (χ3v) is 3.44. The summed E-state index contributed by atoms with van der Waals surface area (Å²) in [5.74, 6) is 1.37. The Labute approximate surface area is 137 Å². The Hall–Kier alpha value is -2.07. The summed E-state index contributed by atoms with van der Waals surface area (Å²) in [6, 6.07) is 12.6. The molecule has 0 bridgehead atoms. The summed E-state index contributed by atoms with van der Waals surface area (Å²) in [5, 5.41) is 3.40. The van der Waals surface area contributed by atoms with E-state index >= 15 is 0 Å². The van der Waals surface area contributed by atoms with Crippen molar-refractivity contribution >= 4 is 0 Å². The molecule has 1 N–H and O–H groups in total. The normalized spacial score (nSPS) is 10.6. The Bertz CT molecular complexity index is 599. The van der Waals surface area contributed by atoms with Crippen LogP contribution < -0.4 is 14.8 Å². The van der Waals surface area contributed by atoms with Gasteiger partial charge in [-0.05, 0) is 62.2 Å². The Morgan fingerprint density at radius 2 is 1.52 bits per heavy atom. The van der Waals surface area contributed by atoms with Gasteiger partial charge in [0.25, 0.3) is 0 Å². The molecular formula is C19H24FNO2. The summed E-state index contributed by atoms with van der Waals surface area (Å²) in [4.78, 5) is 0. The van der Waals surface area contributed by atoms with Crippen LogP contribution in [0.5, 0.6) is 11.5 Å². The fourth-order valence-corrected chi connectivity index (χ4v) is 2.32. The Balaban J connectivity index is 1.85. The van der Waals surface area contributed by atoms with E-state index in [0.29, 0.717) is 13.2 Å². The van der Waals surface area contributed by atoms with E-state index in [0.717, 1.165) is 42.1 Å². The minimum Gasteiger partial charge on any atom is -0.490 e. The topological polar surface area (TPSA) is 30.5 Å². The first-order chi connectivity index (χ1) is 11.2. The Morgan fingerprint density at radius 1 is 0.870 bits per heavy atom. The van der Waals surface area contributed by atoms with Gasteiger partial charge in [0.05, 0.1) is 13.2 Å². The van der Waals surface area contributed by atoms with Gasteiger partial charge in [-0.1, -0.05) is 18.2 Å². The van der Waals surface area contributed by atoms with Crippen LogP contribution in [-0.4, -0.2) is 19.8 Å². The van der Waals surface area contributed by atoms with E-state index in [4.69, 9.17) is 9.47 Å². The zero-order valence-electron chi connectivity index (χ0n) is 13.8. The molecule has 0 atom stereocenters. The van der Waals surface area contributed by atoms with Crippen LogP contribution in [0.25, 0.3) is 0 Å². The number of halogens is 1. The van der Waals surface area contributed by atoms with Crippen LogP contribution in [0.15, 0.2) is 42.5 Å². The highest BCUT2D eigenvalue weighted by Crippen LogP contribution is 2.28. The molecule has 0 aliphatic rings. The first-order valence-electron chi connectivity index (χ1n) is 8.06. The maximum atomic E-state index is 12.8. The molecule has 0 radical (unpaired) electrons. The molecule has 0 saturated heterocycles. The van der Waals surface area contributed by atoms with Crippen molar-refractivity contribution in [1.82, 2.24) is 5.32 Å². The van der Waals surface area contributed by atoms with Crippen LogP contribution in [0.1, 0.15) is 25.0 Å². The molecule has 0 heterocycles. The molecule has 2 aromatic rings. The van der Waals surface area contributed by atoms with Crippen molar-refractivity contribution in [2.24, 2.45) is 0 Å². The number of nitrogens with one attached hydrogen (secondary N) is 1. The second kappa shape index (κ2) is 9.16. The Kier molecular flexibility index (Phi) is 6.88. The molecule has 3 nitrogen and oxygen atoms in total. The monoisotopic (exact) mass is 317 g/mol. The second-order valence-electron chi connectivity index (χ2n) is 5.20. The first kappa shape index (κ1) is 17.3. The van der Waals surface area contributed by atoms with E-state index in [1.807, 2.05) is 44.2 Å². The van der Waals surface area contributed by atoms with Gasteiger partial charge in [0.2, 0.25) is 0 Å². The molecule has 0 aliphatic carbocycles. The fourth-order valence-electron chi connectivity index (χ4n) is 2.32.